The van der Waals surface area contributed by atoms with E-state index in [9.17, 15) is 33.8 Å². The molecule has 1 unspecified atom stereocenters. The van der Waals surface area contributed by atoms with E-state index in [1.165, 1.54) is 21.9 Å². The van der Waals surface area contributed by atoms with Crippen molar-refractivity contribution < 1.29 is 33.6 Å². The zero-order chi connectivity index (χ0) is 53.1. The van der Waals surface area contributed by atoms with Crippen LogP contribution in [0.2, 0.25) is 0 Å². The minimum absolute atomic E-state index is 0.0347. The van der Waals surface area contributed by atoms with Crippen molar-refractivity contribution in [2.75, 3.05) is 58.1 Å². The van der Waals surface area contributed by atoms with E-state index in [-0.39, 0.29) is 40.6 Å². The minimum Gasteiger partial charge on any atom is -0.392 e. The van der Waals surface area contributed by atoms with Gasteiger partial charge in [-0.15, -0.1) is 0 Å². The summed E-state index contributed by atoms with van der Waals surface area (Å²) in [5.74, 6) is 0.0448. The molecular formula is C55H70N11O8P. The number of carbonyl (C=O) groups excluding carboxylic acids is 2. The second-order valence-electron chi connectivity index (χ2n) is 22.4. The van der Waals surface area contributed by atoms with E-state index in [1.54, 1.807) is 43.4 Å². The summed E-state index contributed by atoms with van der Waals surface area (Å²) in [5, 5.41) is 17.1. The van der Waals surface area contributed by atoms with Crippen LogP contribution < -0.4 is 30.9 Å². The first kappa shape index (κ1) is 52.2. The fourth-order valence-corrected chi connectivity index (χ4v) is 13.4. The van der Waals surface area contributed by atoms with Crippen molar-refractivity contribution in [3.63, 3.8) is 0 Å². The predicted octanol–water partition coefficient (Wildman–Crippen LogP) is 7.28. The molecule has 1 saturated carbocycles. The Morgan fingerprint density at radius 3 is 2.43 bits per heavy atom. The van der Waals surface area contributed by atoms with Crippen molar-refractivity contribution in [2.45, 2.75) is 129 Å². The lowest BCUT2D eigenvalue weighted by Gasteiger charge is -2.48. The smallest absolute Gasteiger partial charge is 0.392 e. The first-order chi connectivity index (χ1) is 35.7. The highest BCUT2D eigenvalue weighted by Gasteiger charge is 2.40. The minimum atomic E-state index is -4.58. The van der Waals surface area contributed by atoms with Gasteiger partial charge < -0.3 is 44.5 Å². The second kappa shape index (κ2) is 20.4. The van der Waals surface area contributed by atoms with Crippen LogP contribution in [0, 0.1) is 5.41 Å². The first-order valence-electron chi connectivity index (χ1n) is 26.2. The molecule has 7 heterocycles. The number of aliphatic hydroxyl groups is 1. The number of fused-ring (bicyclic) bond motifs is 3. The fourth-order valence-electron chi connectivity index (χ4n) is 12.6. The molecule has 0 spiro atoms. The number of aliphatic hydroxyl groups excluding tert-OH is 1. The number of piperazine rings is 1. The van der Waals surface area contributed by atoms with Crippen LogP contribution in [0.15, 0.2) is 78.5 Å². The summed E-state index contributed by atoms with van der Waals surface area (Å²) < 4.78 is 20.3. The second-order valence-corrected chi connectivity index (χ2v) is 23.6. The first-order valence-corrected chi connectivity index (χ1v) is 27.8. The van der Waals surface area contributed by atoms with E-state index in [4.69, 9.17) is 14.5 Å². The molecule has 5 N–H and O–H groups in total. The van der Waals surface area contributed by atoms with E-state index < -0.39 is 20.0 Å². The number of anilines is 6. The molecule has 19 nitrogen and oxygen atoms in total. The molecule has 3 fully saturated rings. The van der Waals surface area contributed by atoms with Gasteiger partial charge in [-0.1, -0.05) is 20.4 Å². The van der Waals surface area contributed by atoms with E-state index in [0.29, 0.717) is 77.7 Å². The molecule has 2 amide bonds. The number of rotatable bonds is 13. The number of amides is 2. The summed E-state index contributed by atoms with van der Waals surface area (Å²) in [6.07, 6.45) is 12.7. The number of nitrogens with one attached hydrogen (secondary N) is 2. The van der Waals surface area contributed by atoms with E-state index in [1.807, 2.05) is 24.4 Å². The Hall–Kier alpha value is -6.21. The van der Waals surface area contributed by atoms with Gasteiger partial charge in [-0.25, -0.2) is 14.5 Å². The molecule has 10 rings (SSSR count). The number of hydrogen-bond donors (Lipinski definition) is 5. The van der Waals surface area contributed by atoms with Gasteiger partial charge in [-0.2, -0.15) is 0 Å². The summed E-state index contributed by atoms with van der Waals surface area (Å²) in [6, 6.07) is 14.4. The maximum absolute atomic E-state index is 14.1. The number of carbonyl (C=O) groups is 2. The lowest BCUT2D eigenvalue weighted by atomic mass is 9.78. The molecule has 20 heteroatoms. The van der Waals surface area contributed by atoms with E-state index in [2.05, 4.69) is 81.3 Å². The summed E-state index contributed by atoms with van der Waals surface area (Å²) in [5.41, 5.74) is 7.42. The van der Waals surface area contributed by atoms with Crippen molar-refractivity contribution in [3.8, 4) is 11.3 Å². The van der Waals surface area contributed by atoms with Crippen molar-refractivity contribution in [1.29, 1.82) is 0 Å². The zero-order valence-electron chi connectivity index (χ0n) is 43.8. The Morgan fingerprint density at radius 2 is 1.71 bits per heavy atom. The monoisotopic (exact) mass is 1040 g/mol. The number of nitrogens with zero attached hydrogens (tertiary/aromatic N) is 9. The maximum Gasteiger partial charge on any atom is 0.470 e. The van der Waals surface area contributed by atoms with Crippen molar-refractivity contribution in [1.82, 2.24) is 29.0 Å². The van der Waals surface area contributed by atoms with Crippen molar-refractivity contribution in [3.05, 3.63) is 112 Å². The standard InChI is InChI=1S/C55H70N11O8P/c1-8-49(68)59-44-27-38(58-50-53(70)61(7)32-45(60-50)41-14-19-57-51(42(41)33-67)66-24-23-65-47(52(66)69)26-37-29-54(4,5)30-48(37)65)9-10-46(44)64-22-21-62(31-35(64)3)39-15-20-63(34(2)25-39)40-13-18-56-43(28-40)36-11-16-55(6,17-12-36)74-75(71,72)73/h8-10,13-14,18-19,26-28,32,34-36,39,67H,1,11-12,15-17,20-25,29-31,33H2,2-7H3,(H,58,60)(H,59,68)(H2,71,72,73)/t34-,35+,36?,39?,55?/m1/s1. The Morgan fingerprint density at radius 1 is 0.933 bits per heavy atom. The summed E-state index contributed by atoms with van der Waals surface area (Å²) in [7, 11) is -2.94. The molecule has 75 heavy (non-hydrogen) atoms. The number of phosphoric ester groups is 1. The quantitative estimate of drug-likeness (QED) is 0.0578. The van der Waals surface area contributed by atoms with Crippen LogP contribution >= 0.6 is 7.82 Å². The Labute approximate surface area is 437 Å². The summed E-state index contributed by atoms with van der Waals surface area (Å²) in [6.45, 7) is 18.3. The number of phosphoric acid groups is 1. The van der Waals surface area contributed by atoms with Crippen LogP contribution in [0.4, 0.5) is 34.4 Å². The van der Waals surface area contributed by atoms with Gasteiger partial charge in [0.25, 0.3) is 11.5 Å². The highest BCUT2D eigenvalue weighted by Crippen LogP contribution is 2.49. The largest absolute Gasteiger partial charge is 0.470 e. The van der Waals surface area contributed by atoms with Gasteiger partial charge in [-0.05, 0) is 132 Å². The van der Waals surface area contributed by atoms with Crippen LogP contribution in [0.5, 0.6) is 0 Å². The molecule has 398 valence electrons. The highest BCUT2D eigenvalue weighted by atomic mass is 31.2. The Bertz CT molecular complexity index is 3140. The van der Waals surface area contributed by atoms with Crippen LogP contribution in [-0.2, 0) is 46.9 Å². The number of aryl methyl sites for hydroxylation is 1. The van der Waals surface area contributed by atoms with Crippen LogP contribution in [0.25, 0.3) is 11.3 Å². The van der Waals surface area contributed by atoms with Gasteiger partial charge in [0.15, 0.2) is 5.82 Å². The zero-order valence-corrected chi connectivity index (χ0v) is 44.7. The summed E-state index contributed by atoms with van der Waals surface area (Å²) >= 11 is 0. The Balaban J connectivity index is 0.815. The third-order valence-electron chi connectivity index (χ3n) is 16.4. The molecule has 5 aliphatic rings. The average Bonchev–Trinajstić information content (AvgIpc) is 3.88. The molecule has 5 aromatic rings. The van der Waals surface area contributed by atoms with Gasteiger partial charge in [0.05, 0.1) is 29.3 Å². The number of hydrogen-bond acceptors (Lipinski definition) is 13. The van der Waals surface area contributed by atoms with Gasteiger partial charge in [0.1, 0.15) is 11.5 Å². The van der Waals surface area contributed by atoms with Crippen LogP contribution in [0.3, 0.4) is 0 Å². The Kier molecular flexibility index (Phi) is 14.2. The number of benzene rings is 1. The molecule has 0 bridgehead atoms. The maximum atomic E-state index is 14.1. The lowest BCUT2D eigenvalue weighted by Crippen LogP contribution is -2.58. The molecule has 2 aliphatic carbocycles. The number of pyridine rings is 2. The average molecular weight is 1040 g/mol. The number of piperidine rings is 1. The molecule has 4 aromatic heterocycles. The molecular weight excluding hydrogens is 974 g/mol. The van der Waals surface area contributed by atoms with Gasteiger partial charge in [0.2, 0.25) is 5.91 Å². The van der Waals surface area contributed by atoms with Crippen LogP contribution in [-0.4, -0.2) is 112 Å². The SMILES string of the molecule is C=CC(=O)Nc1cc(Nc2nc(-c3ccnc(N4CCn5c(cc6c5CC(C)(C)C6)C4=O)c3CO)cn(C)c2=O)ccc1N1CCN(C2CCN(c3ccnc(C4CCC(C)(OP(=O)(O)O)CC4)c3)[C@H](C)C2)C[C@@H]1C. The molecule has 3 aliphatic heterocycles. The van der Waals surface area contributed by atoms with E-state index >= 15 is 0 Å². The van der Waals surface area contributed by atoms with Crippen LogP contribution in [0.1, 0.15) is 112 Å². The highest BCUT2D eigenvalue weighted by molar-refractivity contribution is 7.46. The molecule has 0 radical (unpaired) electrons. The van der Waals surface area contributed by atoms with E-state index in [0.717, 1.165) is 81.8 Å². The molecule has 3 atom stereocenters. The van der Waals surface area contributed by atoms with Gasteiger partial charge in [-0.3, -0.25) is 33.7 Å². The lowest BCUT2D eigenvalue weighted by molar-refractivity contribution is -0.111. The normalized spacial score (nSPS) is 24.0. The number of aromatic nitrogens is 5. The van der Waals surface area contributed by atoms with Gasteiger partial charge in [0, 0.05) is 123 Å². The third kappa shape index (κ3) is 10.7. The molecule has 1 aromatic carbocycles. The third-order valence-corrected chi connectivity index (χ3v) is 17.0. The predicted molar refractivity (Wildman–Crippen MR) is 290 cm³/mol. The van der Waals surface area contributed by atoms with Crippen molar-refractivity contribution >= 4 is 54.0 Å². The van der Waals surface area contributed by atoms with Crippen molar-refractivity contribution in [2.24, 2.45) is 12.5 Å². The topological polar surface area (TPSA) is 224 Å². The molecule has 2 saturated heterocycles. The fraction of sp³-hybridized carbons (Fsp3) is 0.491. The summed E-state index contributed by atoms with van der Waals surface area (Å²) in [4.78, 5) is 82.8. The van der Waals surface area contributed by atoms with Gasteiger partial charge >= 0.3 is 7.82 Å².